The van der Waals surface area contributed by atoms with E-state index in [9.17, 15) is 9.90 Å². The van der Waals surface area contributed by atoms with Crippen LogP contribution < -0.4 is 0 Å². The van der Waals surface area contributed by atoms with Gasteiger partial charge >= 0.3 is 5.97 Å². The maximum Gasteiger partial charge on any atom is 0.328 e. The molecule has 0 unspecified atom stereocenters. The molecule has 0 aliphatic rings. The van der Waals surface area contributed by atoms with Crippen molar-refractivity contribution in [1.29, 1.82) is 0 Å². The smallest absolute Gasteiger partial charge is 0.328 e. The van der Waals surface area contributed by atoms with Gasteiger partial charge in [0.15, 0.2) is 0 Å². The van der Waals surface area contributed by atoms with Gasteiger partial charge in [-0.1, -0.05) is 74.9 Å². The van der Waals surface area contributed by atoms with Gasteiger partial charge in [0.1, 0.15) is 0 Å². The van der Waals surface area contributed by atoms with E-state index in [1.54, 1.807) is 0 Å². The molecular formula is C20H22O2. The molecule has 22 heavy (non-hydrogen) atoms. The van der Waals surface area contributed by atoms with Gasteiger partial charge in [-0.2, -0.15) is 0 Å². The van der Waals surface area contributed by atoms with Crippen molar-refractivity contribution in [3.63, 3.8) is 0 Å². The summed E-state index contributed by atoms with van der Waals surface area (Å²) in [5.74, 6) is -0.934. The number of aryl methyl sites for hydroxylation is 1. The maximum absolute atomic E-state index is 11.2. The van der Waals surface area contributed by atoms with Gasteiger partial charge in [0.25, 0.3) is 0 Å². The molecule has 0 saturated carbocycles. The molecule has 0 aliphatic heterocycles. The highest BCUT2D eigenvalue weighted by Gasteiger charge is 2.14. The van der Waals surface area contributed by atoms with Gasteiger partial charge in [-0.3, -0.25) is 0 Å². The van der Waals surface area contributed by atoms with Gasteiger partial charge in [-0.05, 0) is 34.6 Å². The van der Waals surface area contributed by atoms with Gasteiger partial charge in [-0.25, -0.2) is 4.79 Å². The molecule has 2 nitrogen and oxygen atoms in total. The lowest BCUT2D eigenvalue weighted by Gasteiger charge is -2.19. The second-order valence-electron chi connectivity index (χ2n) is 6.59. The normalized spacial score (nSPS) is 12.3. The Morgan fingerprint density at radius 2 is 1.64 bits per heavy atom. The maximum atomic E-state index is 11.2. The second kappa shape index (κ2) is 6.18. The third kappa shape index (κ3) is 3.85. The van der Waals surface area contributed by atoms with E-state index in [0.717, 1.165) is 22.3 Å². The molecular weight excluding hydrogens is 272 g/mol. The van der Waals surface area contributed by atoms with Gasteiger partial charge in [0, 0.05) is 6.08 Å². The monoisotopic (exact) mass is 294 g/mol. The Kier molecular flexibility index (Phi) is 4.51. The van der Waals surface area contributed by atoms with Crippen LogP contribution in [-0.2, 0) is 10.2 Å². The van der Waals surface area contributed by atoms with Crippen LogP contribution in [0.3, 0.4) is 0 Å². The Morgan fingerprint density at radius 1 is 1.00 bits per heavy atom. The lowest BCUT2D eigenvalue weighted by Crippen LogP contribution is -2.10. The first kappa shape index (κ1) is 16.0. The van der Waals surface area contributed by atoms with Crippen LogP contribution >= 0.6 is 0 Å². The highest BCUT2D eigenvalue weighted by atomic mass is 16.4. The number of carboxylic acid groups (broad SMARTS) is 1. The Morgan fingerprint density at radius 3 is 2.14 bits per heavy atom. The van der Waals surface area contributed by atoms with Crippen molar-refractivity contribution in [3.05, 3.63) is 76.9 Å². The molecule has 2 rings (SSSR count). The summed E-state index contributed by atoms with van der Waals surface area (Å²) in [6.07, 6.45) is 1.28. The zero-order valence-electron chi connectivity index (χ0n) is 13.6. The van der Waals surface area contributed by atoms with Crippen molar-refractivity contribution in [1.82, 2.24) is 0 Å². The molecule has 0 radical (unpaired) electrons. The highest BCUT2D eigenvalue weighted by Crippen LogP contribution is 2.28. The van der Waals surface area contributed by atoms with Gasteiger partial charge < -0.3 is 5.11 Å². The first-order valence-corrected chi connectivity index (χ1v) is 7.40. The zero-order valence-corrected chi connectivity index (χ0v) is 13.6. The predicted molar refractivity (Wildman–Crippen MR) is 91.0 cm³/mol. The second-order valence-corrected chi connectivity index (χ2v) is 6.59. The molecule has 0 aromatic heterocycles. The zero-order chi connectivity index (χ0) is 16.3. The molecule has 2 heteroatoms. The van der Waals surface area contributed by atoms with E-state index < -0.39 is 5.97 Å². The fourth-order valence-corrected chi connectivity index (χ4v) is 2.42. The van der Waals surface area contributed by atoms with Crippen molar-refractivity contribution in [3.8, 4) is 0 Å². The summed E-state index contributed by atoms with van der Waals surface area (Å²) >= 11 is 0. The molecule has 0 atom stereocenters. The highest BCUT2D eigenvalue weighted by molar-refractivity contribution is 5.95. The summed E-state index contributed by atoms with van der Waals surface area (Å²) in [5.41, 5.74) is 5.00. The summed E-state index contributed by atoms with van der Waals surface area (Å²) in [5, 5.41) is 9.18. The summed E-state index contributed by atoms with van der Waals surface area (Å²) in [6.45, 7) is 8.49. The van der Waals surface area contributed by atoms with Crippen molar-refractivity contribution >= 4 is 11.5 Å². The van der Waals surface area contributed by atoms with Crippen molar-refractivity contribution < 1.29 is 9.90 Å². The van der Waals surface area contributed by atoms with E-state index in [4.69, 9.17) is 0 Å². The summed E-state index contributed by atoms with van der Waals surface area (Å²) in [4.78, 5) is 11.2. The first-order valence-electron chi connectivity index (χ1n) is 7.40. The quantitative estimate of drug-likeness (QED) is 0.825. The molecule has 1 N–H and O–H groups in total. The largest absolute Gasteiger partial charge is 0.478 e. The molecule has 2 aromatic rings. The van der Waals surface area contributed by atoms with Crippen LogP contribution in [0.1, 0.15) is 43.0 Å². The fourth-order valence-electron chi connectivity index (χ4n) is 2.42. The van der Waals surface area contributed by atoms with Crippen LogP contribution in [0.4, 0.5) is 0 Å². The fraction of sp³-hybridized carbons (Fsp3) is 0.250. The van der Waals surface area contributed by atoms with E-state index in [2.05, 4.69) is 32.9 Å². The third-order valence-electron chi connectivity index (χ3n) is 3.66. The predicted octanol–water partition coefficient (Wildman–Crippen LogP) is 4.81. The minimum absolute atomic E-state index is 0.0819. The summed E-state index contributed by atoms with van der Waals surface area (Å²) < 4.78 is 0. The summed E-state index contributed by atoms with van der Waals surface area (Å²) in [6, 6.07) is 16.0. The molecule has 0 spiro atoms. The van der Waals surface area contributed by atoms with Crippen LogP contribution in [0.25, 0.3) is 5.57 Å². The third-order valence-corrected chi connectivity index (χ3v) is 3.66. The molecule has 114 valence electrons. The topological polar surface area (TPSA) is 37.3 Å². The van der Waals surface area contributed by atoms with E-state index in [1.165, 1.54) is 11.6 Å². The molecule has 0 saturated heterocycles. The molecule has 0 fully saturated rings. The standard InChI is InChI=1S/C20H22O2/c1-14-6-5-7-16(12-14)18(13-19(21)22)15-8-10-17(11-9-15)20(2,3)4/h5-13H,1-4H3,(H,21,22)/b18-13-. The van der Waals surface area contributed by atoms with E-state index in [-0.39, 0.29) is 5.41 Å². The van der Waals surface area contributed by atoms with Crippen LogP contribution in [-0.4, -0.2) is 11.1 Å². The number of hydrogen-bond donors (Lipinski definition) is 1. The van der Waals surface area contributed by atoms with Gasteiger partial charge in [0.05, 0.1) is 0 Å². The minimum atomic E-state index is -0.934. The van der Waals surface area contributed by atoms with Crippen molar-refractivity contribution in [2.75, 3.05) is 0 Å². The lowest BCUT2D eigenvalue weighted by molar-refractivity contribution is -0.131. The number of rotatable bonds is 3. The lowest BCUT2D eigenvalue weighted by atomic mass is 9.85. The molecule has 0 heterocycles. The van der Waals surface area contributed by atoms with Crippen molar-refractivity contribution in [2.45, 2.75) is 33.1 Å². The van der Waals surface area contributed by atoms with Crippen LogP contribution in [0.5, 0.6) is 0 Å². The Balaban J connectivity index is 2.50. The number of benzene rings is 2. The average molecular weight is 294 g/mol. The minimum Gasteiger partial charge on any atom is -0.478 e. The Bertz CT molecular complexity index is 701. The Hall–Kier alpha value is -2.35. The summed E-state index contributed by atoms with van der Waals surface area (Å²) in [7, 11) is 0. The average Bonchev–Trinajstić information content (AvgIpc) is 2.44. The van der Waals surface area contributed by atoms with Crippen LogP contribution in [0.2, 0.25) is 0 Å². The van der Waals surface area contributed by atoms with Crippen molar-refractivity contribution in [2.24, 2.45) is 0 Å². The number of carboxylic acids is 1. The van der Waals surface area contributed by atoms with Gasteiger partial charge in [0.2, 0.25) is 0 Å². The van der Waals surface area contributed by atoms with E-state index in [1.807, 2.05) is 43.3 Å². The van der Waals surface area contributed by atoms with Crippen LogP contribution in [0.15, 0.2) is 54.6 Å². The first-order chi connectivity index (χ1) is 10.3. The number of hydrogen-bond acceptors (Lipinski definition) is 1. The number of aliphatic carboxylic acids is 1. The molecule has 0 bridgehead atoms. The number of carbonyl (C=O) groups is 1. The molecule has 0 aliphatic carbocycles. The Labute approximate surface area is 132 Å². The molecule has 0 amide bonds. The van der Waals surface area contributed by atoms with Crippen LogP contribution in [0, 0.1) is 6.92 Å². The van der Waals surface area contributed by atoms with E-state index in [0.29, 0.717) is 0 Å². The molecule has 2 aromatic carbocycles. The van der Waals surface area contributed by atoms with E-state index >= 15 is 0 Å². The van der Waals surface area contributed by atoms with Gasteiger partial charge in [-0.15, -0.1) is 0 Å². The SMILES string of the molecule is Cc1cccc(/C(=C\C(=O)O)c2ccc(C(C)(C)C)cc2)c1.